The quantitative estimate of drug-likeness (QED) is 0.338. The molecule has 1 aromatic heterocycles. The summed E-state index contributed by atoms with van der Waals surface area (Å²) < 4.78 is 2.23. The Balaban J connectivity index is 1.85. The van der Waals surface area contributed by atoms with Gasteiger partial charge in [-0.05, 0) is 43.7 Å². The van der Waals surface area contributed by atoms with Gasteiger partial charge in [0.25, 0.3) is 0 Å². The Labute approximate surface area is 177 Å². The van der Waals surface area contributed by atoms with Gasteiger partial charge in [0, 0.05) is 16.5 Å². The molecule has 0 bridgehead atoms. The van der Waals surface area contributed by atoms with Crippen molar-refractivity contribution in [2.45, 2.75) is 13.8 Å². The molecule has 0 amide bonds. The van der Waals surface area contributed by atoms with Gasteiger partial charge >= 0.3 is 0 Å². The SMILES string of the molecule is Cc1ccc(Nn2c(-c3ccccc3)c(-c3ccccc3)c3cc(C)ccc32)cc1. The second kappa shape index (κ2) is 7.57. The van der Waals surface area contributed by atoms with E-state index in [9.17, 15) is 0 Å². The highest BCUT2D eigenvalue weighted by Crippen LogP contribution is 2.41. The minimum atomic E-state index is 1.06. The van der Waals surface area contributed by atoms with Gasteiger partial charge in [-0.2, -0.15) is 0 Å². The normalized spacial score (nSPS) is 11.0. The van der Waals surface area contributed by atoms with Crippen LogP contribution in [0.1, 0.15) is 11.1 Å². The van der Waals surface area contributed by atoms with Crippen molar-refractivity contribution in [2.75, 3.05) is 5.43 Å². The summed E-state index contributed by atoms with van der Waals surface area (Å²) in [6.07, 6.45) is 0. The molecule has 30 heavy (non-hydrogen) atoms. The average molecular weight is 389 g/mol. The summed E-state index contributed by atoms with van der Waals surface area (Å²) in [5.74, 6) is 0. The van der Waals surface area contributed by atoms with Crippen molar-refractivity contribution >= 4 is 16.6 Å². The number of aromatic nitrogens is 1. The van der Waals surface area contributed by atoms with Crippen LogP contribution in [-0.4, -0.2) is 4.68 Å². The lowest BCUT2D eigenvalue weighted by molar-refractivity contribution is 1.02. The van der Waals surface area contributed by atoms with E-state index < -0.39 is 0 Å². The van der Waals surface area contributed by atoms with Gasteiger partial charge in [0.1, 0.15) is 0 Å². The first-order chi connectivity index (χ1) is 14.7. The highest BCUT2D eigenvalue weighted by molar-refractivity contribution is 6.05. The van der Waals surface area contributed by atoms with E-state index >= 15 is 0 Å². The Morgan fingerprint density at radius 1 is 0.600 bits per heavy atom. The summed E-state index contributed by atoms with van der Waals surface area (Å²) in [7, 11) is 0. The van der Waals surface area contributed by atoms with Crippen molar-refractivity contribution in [3.8, 4) is 22.4 Å². The Hall–Kier alpha value is -3.78. The Bertz CT molecular complexity index is 1300. The highest BCUT2D eigenvalue weighted by atomic mass is 15.4. The molecule has 5 aromatic rings. The molecule has 0 unspecified atom stereocenters. The van der Waals surface area contributed by atoms with Crippen LogP contribution in [-0.2, 0) is 0 Å². The molecule has 2 heteroatoms. The molecule has 0 saturated carbocycles. The molecule has 4 aromatic carbocycles. The minimum absolute atomic E-state index is 1.06. The number of aryl methyl sites for hydroxylation is 2. The lowest BCUT2D eigenvalue weighted by Gasteiger charge is -2.15. The number of nitrogens with one attached hydrogen (secondary N) is 1. The number of hydrogen-bond acceptors (Lipinski definition) is 1. The van der Waals surface area contributed by atoms with Gasteiger partial charge in [0.2, 0.25) is 0 Å². The van der Waals surface area contributed by atoms with Gasteiger partial charge in [-0.1, -0.05) is 90.0 Å². The standard InChI is InChI=1S/C28H24N2/c1-20-13-16-24(17-14-20)29-30-26-18-15-21(2)19-25(26)27(22-9-5-3-6-10-22)28(30)23-11-7-4-8-12-23/h3-19,29H,1-2H3. The largest absolute Gasteiger partial charge is 0.294 e. The molecular formula is C28H24N2. The average Bonchev–Trinajstić information content (AvgIpc) is 3.09. The molecule has 0 saturated heterocycles. The van der Waals surface area contributed by atoms with Crippen LogP contribution in [0.2, 0.25) is 0 Å². The van der Waals surface area contributed by atoms with E-state index in [0.717, 1.165) is 5.69 Å². The molecule has 0 aliphatic rings. The fourth-order valence-corrected chi connectivity index (χ4v) is 4.04. The molecule has 0 atom stereocenters. The Morgan fingerprint density at radius 3 is 1.87 bits per heavy atom. The van der Waals surface area contributed by atoms with Crippen molar-refractivity contribution < 1.29 is 0 Å². The molecule has 146 valence electrons. The Kier molecular flexibility index (Phi) is 4.61. The number of anilines is 1. The molecule has 0 spiro atoms. The van der Waals surface area contributed by atoms with Gasteiger partial charge < -0.3 is 0 Å². The smallest absolute Gasteiger partial charge is 0.0788 e. The van der Waals surface area contributed by atoms with Gasteiger partial charge in [-0.3, -0.25) is 10.1 Å². The lowest BCUT2D eigenvalue weighted by Crippen LogP contribution is -2.10. The summed E-state index contributed by atoms with van der Waals surface area (Å²) >= 11 is 0. The third-order valence-corrected chi connectivity index (χ3v) is 5.52. The zero-order valence-electron chi connectivity index (χ0n) is 17.3. The second-order valence-corrected chi connectivity index (χ2v) is 7.79. The molecule has 0 aliphatic heterocycles. The first-order valence-corrected chi connectivity index (χ1v) is 10.3. The van der Waals surface area contributed by atoms with Crippen molar-refractivity contribution in [1.82, 2.24) is 4.68 Å². The summed E-state index contributed by atoms with van der Waals surface area (Å²) in [6.45, 7) is 4.27. The topological polar surface area (TPSA) is 17.0 Å². The zero-order chi connectivity index (χ0) is 20.5. The number of rotatable bonds is 4. The van der Waals surface area contributed by atoms with Crippen LogP contribution >= 0.6 is 0 Å². The zero-order valence-corrected chi connectivity index (χ0v) is 17.3. The van der Waals surface area contributed by atoms with E-state index in [1.165, 1.54) is 44.4 Å². The third-order valence-electron chi connectivity index (χ3n) is 5.52. The van der Waals surface area contributed by atoms with Gasteiger partial charge in [-0.15, -0.1) is 0 Å². The predicted molar refractivity (Wildman–Crippen MR) is 128 cm³/mol. The van der Waals surface area contributed by atoms with Crippen molar-refractivity contribution in [1.29, 1.82) is 0 Å². The van der Waals surface area contributed by atoms with Crippen molar-refractivity contribution in [2.24, 2.45) is 0 Å². The summed E-state index contributed by atoms with van der Waals surface area (Å²) in [5, 5.41) is 1.25. The Morgan fingerprint density at radius 2 is 1.20 bits per heavy atom. The number of nitrogens with zero attached hydrogens (tertiary/aromatic N) is 1. The number of benzene rings is 4. The fourth-order valence-electron chi connectivity index (χ4n) is 4.04. The van der Waals surface area contributed by atoms with Gasteiger partial charge in [0.05, 0.1) is 16.9 Å². The first-order valence-electron chi connectivity index (χ1n) is 10.3. The molecule has 0 aliphatic carbocycles. The number of hydrogen-bond donors (Lipinski definition) is 1. The predicted octanol–water partition coefficient (Wildman–Crippen LogP) is 7.47. The van der Waals surface area contributed by atoms with E-state index in [0.29, 0.717) is 0 Å². The molecule has 1 N–H and O–H groups in total. The first kappa shape index (κ1) is 18.3. The van der Waals surface area contributed by atoms with Crippen molar-refractivity contribution in [3.05, 3.63) is 114 Å². The van der Waals surface area contributed by atoms with E-state index in [1.54, 1.807) is 0 Å². The van der Waals surface area contributed by atoms with Crippen LogP contribution in [0.15, 0.2) is 103 Å². The van der Waals surface area contributed by atoms with Crippen LogP contribution in [0.25, 0.3) is 33.3 Å². The van der Waals surface area contributed by atoms with E-state index in [4.69, 9.17) is 0 Å². The molecular weight excluding hydrogens is 364 g/mol. The summed E-state index contributed by atoms with van der Waals surface area (Å²) in [4.78, 5) is 0. The van der Waals surface area contributed by atoms with Crippen LogP contribution < -0.4 is 5.43 Å². The summed E-state index contributed by atoms with van der Waals surface area (Å²) in [6, 6.07) is 36.5. The van der Waals surface area contributed by atoms with Crippen LogP contribution in [0.5, 0.6) is 0 Å². The fraction of sp³-hybridized carbons (Fsp3) is 0.0714. The third kappa shape index (κ3) is 3.27. The van der Waals surface area contributed by atoms with E-state index in [2.05, 4.69) is 127 Å². The molecule has 0 radical (unpaired) electrons. The van der Waals surface area contributed by atoms with E-state index in [-0.39, 0.29) is 0 Å². The molecule has 5 rings (SSSR count). The maximum atomic E-state index is 3.67. The molecule has 1 heterocycles. The van der Waals surface area contributed by atoms with Gasteiger partial charge in [-0.25, -0.2) is 0 Å². The minimum Gasteiger partial charge on any atom is -0.294 e. The molecule has 2 nitrogen and oxygen atoms in total. The van der Waals surface area contributed by atoms with Crippen molar-refractivity contribution in [3.63, 3.8) is 0 Å². The van der Waals surface area contributed by atoms with Crippen LogP contribution in [0.3, 0.4) is 0 Å². The lowest BCUT2D eigenvalue weighted by atomic mass is 9.98. The van der Waals surface area contributed by atoms with Crippen LogP contribution in [0.4, 0.5) is 5.69 Å². The van der Waals surface area contributed by atoms with Gasteiger partial charge in [0.15, 0.2) is 0 Å². The summed E-state index contributed by atoms with van der Waals surface area (Å²) in [5.41, 5.74) is 13.2. The van der Waals surface area contributed by atoms with E-state index in [1.807, 2.05) is 0 Å². The monoisotopic (exact) mass is 388 g/mol. The maximum Gasteiger partial charge on any atom is 0.0788 e. The molecule has 0 fully saturated rings. The number of fused-ring (bicyclic) bond motifs is 1. The second-order valence-electron chi connectivity index (χ2n) is 7.79. The van der Waals surface area contributed by atoms with Crippen LogP contribution in [0, 0.1) is 13.8 Å². The maximum absolute atomic E-state index is 3.67. The highest BCUT2D eigenvalue weighted by Gasteiger charge is 2.20.